The van der Waals surface area contributed by atoms with Crippen LogP contribution in [0.25, 0.3) is 0 Å². The smallest absolute Gasteiger partial charge is 0.351 e. The average molecular weight is 429 g/mol. The molecule has 3 atom stereocenters. The third kappa shape index (κ3) is 9.08. The first-order chi connectivity index (χ1) is 13.5. The van der Waals surface area contributed by atoms with Gasteiger partial charge in [-0.05, 0) is 17.9 Å². The third-order valence-corrected chi connectivity index (χ3v) is 6.02. The second-order valence-corrected chi connectivity index (χ2v) is 8.71. The Morgan fingerprint density at radius 3 is 2.34 bits per heavy atom. The van der Waals surface area contributed by atoms with Crippen molar-refractivity contribution in [2.24, 2.45) is 11.7 Å². The Balaban J connectivity index is 2.74. The SMILES string of the molecule is CC(C)[C@@H](NC(=O)CCc1ccccc1)P(=O)(O)OC(CCNC(N)=O)C(=O)O. The lowest BCUT2D eigenvalue weighted by atomic mass is 10.1. The molecular formula is C18H28N3O7P. The molecule has 0 saturated carbocycles. The minimum Gasteiger partial charge on any atom is -0.479 e. The van der Waals surface area contributed by atoms with E-state index in [2.05, 4.69) is 10.6 Å². The molecule has 0 saturated heterocycles. The summed E-state index contributed by atoms with van der Waals surface area (Å²) < 4.78 is 17.7. The van der Waals surface area contributed by atoms with E-state index < -0.39 is 43.3 Å². The van der Waals surface area contributed by atoms with Crippen LogP contribution in [0.5, 0.6) is 0 Å². The number of aryl methyl sites for hydroxylation is 1. The molecular weight excluding hydrogens is 401 g/mol. The summed E-state index contributed by atoms with van der Waals surface area (Å²) in [6, 6.07) is 8.43. The first-order valence-electron chi connectivity index (χ1n) is 9.13. The molecule has 0 aromatic heterocycles. The Morgan fingerprint density at radius 1 is 1.21 bits per heavy atom. The van der Waals surface area contributed by atoms with E-state index in [1.807, 2.05) is 30.3 Å². The van der Waals surface area contributed by atoms with Gasteiger partial charge in [-0.15, -0.1) is 0 Å². The van der Waals surface area contributed by atoms with Gasteiger partial charge in [-0.1, -0.05) is 44.2 Å². The van der Waals surface area contributed by atoms with Gasteiger partial charge in [-0.25, -0.2) is 9.59 Å². The number of aliphatic carboxylic acids is 1. The van der Waals surface area contributed by atoms with Crippen molar-refractivity contribution in [1.82, 2.24) is 10.6 Å². The van der Waals surface area contributed by atoms with Gasteiger partial charge in [-0.3, -0.25) is 13.9 Å². The van der Waals surface area contributed by atoms with Crippen LogP contribution in [0.4, 0.5) is 4.79 Å². The highest BCUT2D eigenvalue weighted by molar-refractivity contribution is 7.53. The molecule has 11 heteroatoms. The maximum absolute atomic E-state index is 12.7. The lowest BCUT2D eigenvalue weighted by molar-refractivity contribution is -0.145. The fraction of sp³-hybridized carbons (Fsp3) is 0.500. The van der Waals surface area contributed by atoms with Crippen molar-refractivity contribution < 1.29 is 33.5 Å². The summed E-state index contributed by atoms with van der Waals surface area (Å²) in [6.45, 7) is 3.07. The van der Waals surface area contributed by atoms with Crippen molar-refractivity contribution in [2.75, 3.05) is 6.54 Å². The van der Waals surface area contributed by atoms with Crippen LogP contribution in [0.3, 0.4) is 0 Å². The number of carbonyl (C=O) groups is 3. The van der Waals surface area contributed by atoms with Crippen molar-refractivity contribution >= 4 is 25.5 Å². The third-order valence-electron chi connectivity index (χ3n) is 4.03. The molecule has 0 heterocycles. The maximum atomic E-state index is 12.7. The van der Waals surface area contributed by atoms with Gasteiger partial charge in [0.1, 0.15) is 5.78 Å². The number of primary amides is 1. The summed E-state index contributed by atoms with van der Waals surface area (Å²) >= 11 is 0. The number of carboxylic acid groups (broad SMARTS) is 1. The molecule has 0 aliphatic heterocycles. The summed E-state index contributed by atoms with van der Waals surface area (Å²) in [6.07, 6.45) is -1.38. The molecule has 1 aromatic carbocycles. The predicted molar refractivity (Wildman–Crippen MR) is 106 cm³/mol. The van der Waals surface area contributed by atoms with Crippen LogP contribution in [0, 0.1) is 5.92 Å². The zero-order chi connectivity index (χ0) is 22.0. The number of nitrogens with one attached hydrogen (secondary N) is 2. The van der Waals surface area contributed by atoms with Crippen molar-refractivity contribution in [3.05, 3.63) is 35.9 Å². The monoisotopic (exact) mass is 429 g/mol. The number of amides is 3. The van der Waals surface area contributed by atoms with E-state index >= 15 is 0 Å². The molecule has 0 aliphatic carbocycles. The number of urea groups is 1. The zero-order valence-corrected chi connectivity index (χ0v) is 17.3. The van der Waals surface area contributed by atoms with Crippen LogP contribution in [0.2, 0.25) is 0 Å². The van der Waals surface area contributed by atoms with Gasteiger partial charge in [-0.2, -0.15) is 0 Å². The molecule has 0 radical (unpaired) electrons. The lowest BCUT2D eigenvalue weighted by Crippen LogP contribution is -2.41. The quantitative estimate of drug-likeness (QED) is 0.313. The molecule has 0 bridgehead atoms. The lowest BCUT2D eigenvalue weighted by Gasteiger charge is -2.28. The first-order valence-corrected chi connectivity index (χ1v) is 10.8. The van der Waals surface area contributed by atoms with Gasteiger partial charge in [0.05, 0.1) is 0 Å². The van der Waals surface area contributed by atoms with E-state index in [0.717, 1.165) is 5.56 Å². The minimum absolute atomic E-state index is 0.0954. The highest BCUT2D eigenvalue weighted by Crippen LogP contribution is 2.50. The fourth-order valence-corrected chi connectivity index (χ4v) is 4.31. The van der Waals surface area contributed by atoms with E-state index in [-0.39, 0.29) is 19.4 Å². The van der Waals surface area contributed by atoms with Crippen LogP contribution in [-0.2, 0) is 25.1 Å². The van der Waals surface area contributed by atoms with Crippen molar-refractivity contribution in [3.63, 3.8) is 0 Å². The summed E-state index contributed by atoms with van der Waals surface area (Å²) in [4.78, 5) is 44.6. The molecule has 6 N–H and O–H groups in total. The topological polar surface area (TPSA) is 168 Å². The Bertz CT molecular complexity index is 742. The highest BCUT2D eigenvalue weighted by Gasteiger charge is 2.40. The van der Waals surface area contributed by atoms with Gasteiger partial charge >= 0.3 is 19.6 Å². The van der Waals surface area contributed by atoms with E-state index in [1.165, 1.54) is 0 Å². The minimum atomic E-state index is -4.54. The fourth-order valence-electron chi connectivity index (χ4n) is 2.56. The molecule has 3 amide bonds. The predicted octanol–water partition coefficient (Wildman–Crippen LogP) is 1.43. The number of carboxylic acids is 1. The first kappa shape index (κ1) is 24.6. The van der Waals surface area contributed by atoms with Crippen molar-refractivity contribution in [1.29, 1.82) is 0 Å². The number of hydrogen-bond donors (Lipinski definition) is 5. The van der Waals surface area contributed by atoms with Gasteiger partial charge in [0, 0.05) is 19.4 Å². The van der Waals surface area contributed by atoms with Crippen LogP contribution >= 0.6 is 7.60 Å². The molecule has 1 aromatic rings. The standard InChI is InChI=1S/C18H28N3O7P/c1-12(2)16(21-15(22)9-8-13-6-4-3-5-7-13)29(26,27)28-14(17(23)24)10-11-20-18(19)25/h3-7,12,14,16H,8-11H2,1-2H3,(H,21,22)(H,23,24)(H,26,27)(H3,19,20,25)/t14?,16-/m0/s1. The summed E-state index contributed by atoms with van der Waals surface area (Å²) in [5, 5.41) is 13.9. The van der Waals surface area contributed by atoms with Gasteiger partial charge in [0.2, 0.25) is 5.91 Å². The number of rotatable bonds is 12. The van der Waals surface area contributed by atoms with Gasteiger partial charge < -0.3 is 26.4 Å². The van der Waals surface area contributed by atoms with Crippen LogP contribution in [-0.4, -0.2) is 46.3 Å². The summed E-state index contributed by atoms with van der Waals surface area (Å²) in [7, 11) is -4.54. The van der Waals surface area contributed by atoms with Crippen LogP contribution in [0.15, 0.2) is 30.3 Å². The Hall–Kier alpha value is -2.42. The number of nitrogens with two attached hydrogens (primary N) is 1. The largest absolute Gasteiger partial charge is 0.479 e. The number of carbonyl (C=O) groups excluding carboxylic acids is 2. The van der Waals surface area contributed by atoms with E-state index in [0.29, 0.717) is 6.42 Å². The zero-order valence-electron chi connectivity index (χ0n) is 16.4. The van der Waals surface area contributed by atoms with Gasteiger partial charge in [0.15, 0.2) is 6.10 Å². The second-order valence-electron chi connectivity index (χ2n) is 6.82. The molecule has 0 fully saturated rings. The maximum Gasteiger partial charge on any atom is 0.351 e. The number of hydrogen-bond acceptors (Lipinski definition) is 5. The van der Waals surface area contributed by atoms with E-state index in [1.54, 1.807) is 13.8 Å². The van der Waals surface area contributed by atoms with Crippen molar-refractivity contribution in [3.8, 4) is 0 Å². The normalized spacial score (nSPS) is 15.2. The second kappa shape index (κ2) is 11.5. The molecule has 2 unspecified atom stereocenters. The molecule has 10 nitrogen and oxygen atoms in total. The van der Waals surface area contributed by atoms with Crippen molar-refractivity contribution in [2.45, 2.75) is 45.0 Å². The summed E-state index contributed by atoms with van der Waals surface area (Å²) in [5.41, 5.74) is 5.85. The molecule has 29 heavy (non-hydrogen) atoms. The highest BCUT2D eigenvalue weighted by atomic mass is 31.2. The number of benzene rings is 1. The Labute approximate surface area is 169 Å². The molecule has 0 aliphatic rings. The van der Waals surface area contributed by atoms with E-state index in [4.69, 9.17) is 10.3 Å². The molecule has 162 valence electrons. The Kier molecular flexibility index (Phi) is 9.80. The van der Waals surface area contributed by atoms with Crippen LogP contribution in [0.1, 0.15) is 32.3 Å². The average Bonchev–Trinajstić information content (AvgIpc) is 2.63. The van der Waals surface area contributed by atoms with Gasteiger partial charge in [0.25, 0.3) is 0 Å². The van der Waals surface area contributed by atoms with E-state index in [9.17, 15) is 28.9 Å². The Morgan fingerprint density at radius 2 is 1.83 bits per heavy atom. The molecule has 0 spiro atoms. The summed E-state index contributed by atoms with van der Waals surface area (Å²) in [5.74, 6) is -3.70. The van der Waals surface area contributed by atoms with Crippen LogP contribution < -0.4 is 16.4 Å². The molecule has 1 rings (SSSR count).